The third kappa shape index (κ3) is 4.77. The van der Waals surface area contributed by atoms with E-state index in [4.69, 9.17) is 0 Å². The first-order chi connectivity index (χ1) is 16.5. The van der Waals surface area contributed by atoms with Gasteiger partial charge in [-0.1, -0.05) is 32.8 Å². The lowest BCUT2D eigenvalue weighted by molar-refractivity contribution is -0.125. The Hall–Kier alpha value is -2.28. The first-order valence-corrected chi connectivity index (χ1v) is 13.4. The fourth-order valence-corrected chi connectivity index (χ4v) is 6.71. The maximum Gasteiger partial charge on any atom is 0.223 e. The molecular formula is C27H40N6O. The van der Waals surface area contributed by atoms with Crippen molar-refractivity contribution in [3.05, 3.63) is 41.7 Å². The van der Waals surface area contributed by atoms with Gasteiger partial charge in [0.05, 0.1) is 6.04 Å². The Morgan fingerprint density at radius 3 is 2.47 bits per heavy atom. The smallest absolute Gasteiger partial charge is 0.223 e. The molecule has 34 heavy (non-hydrogen) atoms. The van der Waals surface area contributed by atoms with Gasteiger partial charge >= 0.3 is 0 Å². The number of hydrogen-bond acceptors (Lipinski definition) is 5. The van der Waals surface area contributed by atoms with Crippen LogP contribution in [-0.4, -0.2) is 49.2 Å². The summed E-state index contributed by atoms with van der Waals surface area (Å²) in [7, 11) is 0. The van der Waals surface area contributed by atoms with E-state index in [-0.39, 0.29) is 17.9 Å². The van der Waals surface area contributed by atoms with Crippen LogP contribution in [0.3, 0.4) is 0 Å². The van der Waals surface area contributed by atoms with Crippen LogP contribution in [0.4, 0.5) is 0 Å². The minimum atomic E-state index is 0.0339. The largest absolute Gasteiger partial charge is 0.349 e. The van der Waals surface area contributed by atoms with Gasteiger partial charge in [0, 0.05) is 48.9 Å². The van der Waals surface area contributed by atoms with Crippen LogP contribution in [0.1, 0.15) is 107 Å². The maximum absolute atomic E-state index is 13.0. The zero-order valence-electron chi connectivity index (χ0n) is 21.0. The van der Waals surface area contributed by atoms with E-state index in [9.17, 15) is 4.79 Å². The average molecular weight is 465 g/mol. The summed E-state index contributed by atoms with van der Waals surface area (Å²) in [5.74, 6) is 2.99. The molecule has 1 unspecified atom stereocenters. The van der Waals surface area contributed by atoms with Crippen LogP contribution in [0.15, 0.2) is 24.5 Å². The summed E-state index contributed by atoms with van der Waals surface area (Å²) in [6, 6.07) is 5.82. The zero-order valence-corrected chi connectivity index (χ0v) is 21.0. The standard InChI is InChI=1S/C27H40N6O/c1-18(2)26-31-30-19(3)33(26)24-15-22-10-11-23(16-24)32(22)14-12-25(21-9-6-13-28-17-21)29-27(34)20-7-4-5-8-20/h6,9,13,17-18,20,22-25H,4-5,7-8,10-12,14-16H2,1-3H3,(H,29,34)/t22-,23+,24?,25-/m0/s1. The molecular weight excluding hydrogens is 424 g/mol. The summed E-state index contributed by atoms with van der Waals surface area (Å²) >= 11 is 0. The molecule has 3 aliphatic rings. The molecule has 4 heterocycles. The third-order valence-electron chi connectivity index (χ3n) is 8.44. The lowest BCUT2D eigenvalue weighted by Crippen LogP contribution is -2.45. The van der Waals surface area contributed by atoms with Gasteiger partial charge in [0.2, 0.25) is 5.91 Å². The van der Waals surface area contributed by atoms with Crippen molar-refractivity contribution in [2.24, 2.45) is 5.92 Å². The van der Waals surface area contributed by atoms with Crippen LogP contribution in [0.2, 0.25) is 0 Å². The molecule has 1 saturated carbocycles. The molecule has 5 rings (SSSR count). The second kappa shape index (κ2) is 10.1. The van der Waals surface area contributed by atoms with E-state index < -0.39 is 0 Å². The number of pyridine rings is 1. The van der Waals surface area contributed by atoms with Gasteiger partial charge in [-0.05, 0) is 63.5 Å². The molecule has 0 spiro atoms. The van der Waals surface area contributed by atoms with Gasteiger partial charge < -0.3 is 9.88 Å². The van der Waals surface area contributed by atoms with E-state index in [1.54, 1.807) is 0 Å². The van der Waals surface area contributed by atoms with Crippen molar-refractivity contribution in [1.29, 1.82) is 0 Å². The number of nitrogens with zero attached hydrogens (tertiary/aromatic N) is 5. The Bertz CT molecular complexity index is 953. The van der Waals surface area contributed by atoms with E-state index in [1.807, 2.05) is 18.5 Å². The fraction of sp³-hybridized carbons (Fsp3) is 0.704. The summed E-state index contributed by atoms with van der Waals surface area (Å²) in [4.78, 5) is 20.0. The van der Waals surface area contributed by atoms with E-state index in [0.717, 1.165) is 43.0 Å². The van der Waals surface area contributed by atoms with Crippen molar-refractivity contribution < 1.29 is 4.79 Å². The van der Waals surface area contributed by atoms with Crippen LogP contribution in [0.5, 0.6) is 0 Å². The van der Waals surface area contributed by atoms with Gasteiger partial charge in [-0.2, -0.15) is 0 Å². The summed E-state index contributed by atoms with van der Waals surface area (Å²) < 4.78 is 2.42. The molecule has 2 aromatic heterocycles. The molecule has 2 aliphatic heterocycles. The van der Waals surface area contributed by atoms with Gasteiger partial charge in [0.25, 0.3) is 0 Å². The van der Waals surface area contributed by atoms with Crippen molar-refractivity contribution in [2.75, 3.05) is 6.54 Å². The van der Waals surface area contributed by atoms with Gasteiger partial charge in [-0.25, -0.2) is 0 Å². The highest BCUT2D eigenvalue weighted by Gasteiger charge is 2.42. The summed E-state index contributed by atoms with van der Waals surface area (Å²) in [6.07, 6.45) is 14.0. The summed E-state index contributed by atoms with van der Waals surface area (Å²) in [6.45, 7) is 7.54. The number of carbonyl (C=O) groups excluding carboxylic acids is 1. The molecule has 3 fully saturated rings. The molecule has 4 atom stereocenters. The number of piperidine rings is 1. The number of fused-ring (bicyclic) bond motifs is 2. The third-order valence-corrected chi connectivity index (χ3v) is 8.44. The van der Waals surface area contributed by atoms with Crippen molar-refractivity contribution in [1.82, 2.24) is 30.0 Å². The van der Waals surface area contributed by atoms with Gasteiger partial charge in [0.15, 0.2) is 0 Å². The molecule has 2 saturated heterocycles. The number of amides is 1. The Labute approximate surface area is 203 Å². The molecule has 1 aliphatic carbocycles. The first kappa shape index (κ1) is 23.5. The predicted octanol–water partition coefficient (Wildman–Crippen LogP) is 4.71. The van der Waals surface area contributed by atoms with E-state index in [2.05, 4.69) is 56.8 Å². The van der Waals surface area contributed by atoms with Gasteiger partial charge in [-0.3, -0.25) is 14.7 Å². The Morgan fingerprint density at radius 1 is 1.09 bits per heavy atom. The molecule has 184 valence electrons. The molecule has 2 bridgehead atoms. The Morgan fingerprint density at radius 2 is 1.82 bits per heavy atom. The minimum absolute atomic E-state index is 0.0339. The number of carbonyl (C=O) groups is 1. The van der Waals surface area contributed by atoms with Crippen LogP contribution in [-0.2, 0) is 4.79 Å². The summed E-state index contributed by atoms with van der Waals surface area (Å²) in [5.41, 5.74) is 1.12. The van der Waals surface area contributed by atoms with E-state index in [0.29, 0.717) is 24.0 Å². The van der Waals surface area contributed by atoms with Gasteiger partial charge in [-0.15, -0.1) is 10.2 Å². The molecule has 1 amide bonds. The van der Waals surface area contributed by atoms with Gasteiger partial charge in [0.1, 0.15) is 11.6 Å². The quantitative estimate of drug-likeness (QED) is 0.612. The van der Waals surface area contributed by atoms with Crippen LogP contribution >= 0.6 is 0 Å². The highest BCUT2D eigenvalue weighted by molar-refractivity contribution is 5.79. The van der Waals surface area contributed by atoms with Crippen molar-refractivity contribution in [3.8, 4) is 0 Å². The number of nitrogens with one attached hydrogen (secondary N) is 1. The number of aromatic nitrogens is 4. The Kier molecular flexibility index (Phi) is 7.00. The molecule has 0 radical (unpaired) electrons. The molecule has 1 N–H and O–H groups in total. The number of aryl methyl sites for hydroxylation is 1. The molecule has 0 aromatic carbocycles. The Balaban J connectivity index is 1.26. The van der Waals surface area contributed by atoms with Crippen molar-refractivity contribution in [3.63, 3.8) is 0 Å². The number of rotatable bonds is 8. The molecule has 7 heteroatoms. The lowest BCUT2D eigenvalue weighted by Gasteiger charge is -2.40. The lowest BCUT2D eigenvalue weighted by atomic mass is 9.95. The van der Waals surface area contributed by atoms with Crippen LogP contribution in [0.25, 0.3) is 0 Å². The van der Waals surface area contributed by atoms with E-state index >= 15 is 0 Å². The molecule has 7 nitrogen and oxygen atoms in total. The normalized spacial score (nSPS) is 26.3. The fourth-order valence-electron chi connectivity index (χ4n) is 6.71. The van der Waals surface area contributed by atoms with Crippen molar-refractivity contribution in [2.45, 2.75) is 109 Å². The monoisotopic (exact) mass is 464 g/mol. The zero-order chi connectivity index (χ0) is 23.7. The SMILES string of the molecule is Cc1nnc(C(C)C)n1C1C[C@H]2CC[C@@H](C1)N2CC[C@H](NC(=O)C1CCCC1)c1cccnc1. The highest BCUT2D eigenvalue weighted by atomic mass is 16.1. The minimum Gasteiger partial charge on any atom is -0.349 e. The predicted molar refractivity (Wildman–Crippen MR) is 132 cm³/mol. The van der Waals surface area contributed by atoms with Crippen molar-refractivity contribution >= 4 is 5.91 Å². The van der Waals surface area contributed by atoms with E-state index in [1.165, 1.54) is 38.5 Å². The maximum atomic E-state index is 13.0. The van der Waals surface area contributed by atoms with Crippen LogP contribution in [0, 0.1) is 12.8 Å². The highest BCUT2D eigenvalue weighted by Crippen LogP contribution is 2.42. The topological polar surface area (TPSA) is 75.9 Å². The molecule has 2 aromatic rings. The first-order valence-electron chi connectivity index (χ1n) is 13.4. The summed E-state index contributed by atoms with van der Waals surface area (Å²) in [5, 5.41) is 12.3. The second-order valence-electron chi connectivity index (χ2n) is 11.0. The number of hydrogen-bond donors (Lipinski definition) is 1. The van der Waals surface area contributed by atoms with Crippen LogP contribution < -0.4 is 5.32 Å². The average Bonchev–Trinajstić information content (AvgIpc) is 3.56. The second-order valence-corrected chi connectivity index (χ2v) is 11.0.